The fourth-order valence-electron chi connectivity index (χ4n) is 1.56. The largest absolute Gasteiger partial charge is 0.485 e. The van der Waals surface area contributed by atoms with Gasteiger partial charge in [-0.2, -0.15) is 0 Å². The molecule has 0 bridgehead atoms. The van der Waals surface area contributed by atoms with Crippen LogP contribution in [-0.2, 0) is 6.61 Å². The number of hydrogen-bond donors (Lipinski definition) is 1. The van der Waals surface area contributed by atoms with Gasteiger partial charge >= 0.3 is 0 Å². The molecular formula is C13H14BrN3O. The van der Waals surface area contributed by atoms with Crippen molar-refractivity contribution in [2.45, 2.75) is 19.6 Å². The maximum absolute atomic E-state index is 5.91. The smallest absolute Gasteiger partial charge is 0.166 e. The average molecular weight is 308 g/mol. The highest BCUT2D eigenvalue weighted by atomic mass is 79.9. The lowest BCUT2D eigenvalue weighted by Gasteiger charge is -2.13. The number of rotatable bonds is 4. The third kappa shape index (κ3) is 3.27. The number of ether oxygens (including phenoxy) is 1. The molecule has 1 aromatic heterocycles. The van der Waals surface area contributed by atoms with Crippen LogP contribution in [0.2, 0.25) is 0 Å². The monoisotopic (exact) mass is 307 g/mol. The van der Waals surface area contributed by atoms with Gasteiger partial charge in [0.15, 0.2) is 5.82 Å². The second kappa shape index (κ2) is 5.93. The number of nitrogens with two attached hydrogens (primary N) is 1. The second-order valence-corrected chi connectivity index (χ2v) is 4.84. The van der Waals surface area contributed by atoms with Crippen LogP contribution in [0.3, 0.4) is 0 Å². The van der Waals surface area contributed by atoms with E-state index in [-0.39, 0.29) is 6.04 Å². The van der Waals surface area contributed by atoms with E-state index in [4.69, 9.17) is 10.5 Å². The highest BCUT2D eigenvalue weighted by Crippen LogP contribution is 2.28. The molecule has 1 atom stereocenters. The Morgan fingerprint density at radius 2 is 2.06 bits per heavy atom. The number of hydrogen-bond acceptors (Lipinski definition) is 4. The van der Waals surface area contributed by atoms with E-state index in [1.54, 1.807) is 18.5 Å². The average Bonchev–Trinajstić information content (AvgIpc) is 2.37. The Morgan fingerprint density at radius 3 is 2.72 bits per heavy atom. The molecule has 0 radical (unpaired) electrons. The molecule has 2 N–H and O–H groups in total. The maximum atomic E-state index is 5.91. The fraction of sp³-hybridized carbons (Fsp3) is 0.231. The standard InChI is InChI=1S/C13H14BrN3O/c1-9(15)11-4-3-10(14)7-12(11)18-8-13-16-5-2-6-17-13/h2-7,9H,8,15H2,1H3/t9-/m1/s1. The minimum Gasteiger partial charge on any atom is -0.485 e. The van der Waals surface area contributed by atoms with Crippen LogP contribution in [-0.4, -0.2) is 9.97 Å². The first kappa shape index (κ1) is 13.0. The Labute approximate surface area is 114 Å². The van der Waals surface area contributed by atoms with Crippen molar-refractivity contribution >= 4 is 15.9 Å². The van der Waals surface area contributed by atoms with Crippen molar-refractivity contribution in [3.8, 4) is 5.75 Å². The highest BCUT2D eigenvalue weighted by molar-refractivity contribution is 9.10. The van der Waals surface area contributed by atoms with Gasteiger partial charge in [-0.25, -0.2) is 9.97 Å². The molecule has 18 heavy (non-hydrogen) atoms. The van der Waals surface area contributed by atoms with Gasteiger partial charge in [0.1, 0.15) is 12.4 Å². The minimum absolute atomic E-state index is 0.0789. The molecule has 0 aliphatic carbocycles. The third-order valence-corrected chi connectivity index (χ3v) is 2.94. The summed E-state index contributed by atoms with van der Waals surface area (Å²) in [7, 11) is 0. The van der Waals surface area contributed by atoms with Crippen molar-refractivity contribution in [3.63, 3.8) is 0 Å². The van der Waals surface area contributed by atoms with Gasteiger partial charge < -0.3 is 10.5 Å². The Bertz CT molecular complexity index is 517. The van der Waals surface area contributed by atoms with Crippen LogP contribution in [0.25, 0.3) is 0 Å². The molecule has 0 aliphatic heterocycles. The van der Waals surface area contributed by atoms with E-state index in [0.29, 0.717) is 12.4 Å². The number of nitrogens with zero attached hydrogens (tertiary/aromatic N) is 2. The van der Waals surface area contributed by atoms with Crippen LogP contribution in [0, 0.1) is 0 Å². The highest BCUT2D eigenvalue weighted by Gasteiger charge is 2.09. The molecule has 0 amide bonds. The zero-order valence-corrected chi connectivity index (χ0v) is 11.6. The summed E-state index contributed by atoms with van der Waals surface area (Å²) in [5.74, 6) is 1.40. The van der Waals surface area contributed by atoms with Crippen molar-refractivity contribution in [2.24, 2.45) is 5.73 Å². The Balaban J connectivity index is 2.15. The molecule has 0 aliphatic rings. The summed E-state index contributed by atoms with van der Waals surface area (Å²) in [5, 5.41) is 0. The third-order valence-electron chi connectivity index (χ3n) is 2.44. The van der Waals surface area contributed by atoms with E-state index >= 15 is 0 Å². The second-order valence-electron chi connectivity index (χ2n) is 3.92. The van der Waals surface area contributed by atoms with E-state index in [2.05, 4.69) is 25.9 Å². The molecule has 1 aromatic carbocycles. The first-order chi connectivity index (χ1) is 8.66. The van der Waals surface area contributed by atoms with Gasteiger partial charge in [-0.05, 0) is 25.1 Å². The summed E-state index contributed by atoms with van der Waals surface area (Å²) >= 11 is 3.42. The van der Waals surface area contributed by atoms with Gasteiger partial charge in [0.2, 0.25) is 0 Å². The molecule has 0 fully saturated rings. The van der Waals surface area contributed by atoms with Gasteiger partial charge in [-0.1, -0.05) is 22.0 Å². The lowest BCUT2D eigenvalue weighted by Crippen LogP contribution is -2.09. The summed E-state index contributed by atoms with van der Waals surface area (Å²) in [4.78, 5) is 8.22. The van der Waals surface area contributed by atoms with Crippen LogP contribution in [0.5, 0.6) is 5.75 Å². The molecule has 0 saturated heterocycles. The van der Waals surface area contributed by atoms with Gasteiger partial charge in [-0.15, -0.1) is 0 Å². The zero-order valence-electron chi connectivity index (χ0n) is 10.0. The van der Waals surface area contributed by atoms with Gasteiger partial charge in [0.05, 0.1) is 0 Å². The van der Waals surface area contributed by atoms with Crippen molar-refractivity contribution in [1.29, 1.82) is 0 Å². The molecule has 0 unspecified atom stereocenters. The maximum Gasteiger partial charge on any atom is 0.166 e. The SMILES string of the molecule is C[C@@H](N)c1ccc(Br)cc1OCc1ncccn1. The van der Waals surface area contributed by atoms with Crippen molar-refractivity contribution in [1.82, 2.24) is 9.97 Å². The van der Waals surface area contributed by atoms with E-state index in [0.717, 1.165) is 15.8 Å². The first-order valence-electron chi connectivity index (χ1n) is 5.60. The summed E-state index contributed by atoms with van der Waals surface area (Å²) in [6, 6.07) is 7.50. The van der Waals surface area contributed by atoms with Crippen LogP contribution in [0.4, 0.5) is 0 Å². The van der Waals surface area contributed by atoms with Crippen molar-refractivity contribution in [2.75, 3.05) is 0 Å². The van der Waals surface area contributed by atoms with E-state index < -0.39 is 0 Å². The number of halogens is 1. The van der Waals surface area contributed by atoms with E-state index in [9.17, 15) is 0 Å². The summed E-state index contributed by atoms with van der Waals surface area (Å²) in [5.41, 5.74) is 6.87. The lowest BCUT2D eigenvalue weighted by molar-refractivity contribution is 0.291. The Morgan fingerprint density at radius 1 is 1.33 bits per heavy atom. The van der Waals surface area contributed by atoms with Crippen molar-refractivity contribution in [3.05, 3.63) is 52.5 Å². The molecule has 5 heteroatoms. The van der Waals surface area contributed by atoms with Gasteiger partial charge in [0.25, 0.3) is 0 Å². The van der Waals surface area contributed by atoms with Gasteiger partial charge in [0, 0.05) is 28.5 Å². The molecular weight excluding hydrogens is 294 g/mol. The number of benzene rings is 1. The molecule has 2 aromatic rings. The van der Waals surface area contributed by atoms with E-state index in [1.807, 2.05) is 25.1 Å². The lowest BCUT2D eigenvalue weighted by atomic mass is 10.1. The quantitative estimate of drug-likeness (QED) is 0.943. The predicted molar refractivity (Wildman–Crippen MR) is 73.1 cm³/mol. The van der Waals surface area contributed by atoms with Crippen LogP contribution in [0.15, 0.2) is 41.1 Å². The number of aromatic nitrogens is 2. The normalized spacial score (nSPS) is 12.2. The summed E-state index contributed by atoms with van der Waals surface area (Å²) < 4.78 is 6.68. The van der Waals surface area contributed by atoms with Crippen LogP contribution in [0.1, 0.15) is 24.4 Å². The topological polar surface area (TPSA) is 61.0 Å². The summed E-state index contributed by atoms with van der Waals surface area (Å²) in [6.45, 7) is 2.26. The van der Waals surface area contributed by atoms with Crippen LogP contribution < -0.4 is 10.5 Å². The van der Waals surface area contributed by atoms with Crippen molar-refractivity contribution < 1.29 is 4.74 Å². The molecule has 0 spiro atoms. The Hall–Kier alpha value is -1.46. The van der Waals surface area contributed by atoms with Gasteiger partial charge in [-0.3, -0.25) is 0 Å². The molecule has 2 rings (SSSR count). The van der Waals surface area contributed by atoms with Crippen LogP contribution >= 0.6 is 15.9 Å². The molecule has 1 heterocycles. The summed E-state index contributed by atoms with van der Waals surface area (Å²) in [6.07, 6.45) is 3.39. The predicted octanol–water partition coefficient (Wildman–Crippen LogP) is 2.84. The first-order valence-corrected chi connectivity index (χ1v) is 6.40. The van der Waals surface area contributed by atoms with E-state index in [1.165, 1.54) is 0 Å². The fourth-order valence-corrected chi connectivity index (χ4v) is 1.90. The molecule has 94 valence electrons. The zero-order chi connectivity index (χ0) is 13.0. The molecule has 0 saturated carbocycles. The Kier molecular flexibility index (Phi) is 4.28. The minimum atomic E-state index is -0.0789. The molecule has 4 nitrogen and oxygen atoms in total.